The first-order valence-electron chi connectivity index (χ1n) is 5.60. The Labute approximate surface area is 87.3 Å². The minimum absolute atomic E-state index is 0.343. The molecule has 2 atom stereocenters. The van der Waals surface area contributed by atoms with E-state index in [4.69, 9.17) is 5.73 Å². The van der Waals surface area contributed by atoms with Gasteiger partial charge in [0.15, 0.2) is 0 Å². The zero-order valence-corrected chi connectivity index (χ0v) is 9.66. The van der Waals surface area contributed by atoms with E-state index >= 15 is 0 Å². The van der Waals surface area contributed by atoms with Gasteiger partial charge in [-0.1, -0.05) is 6.42 Å². The molecule has 0 aromatic carbocycles. The quantitative estimate of drug-likeness (QED) is 0.695. The van der Waals surface area contributed by atoms with Crippen molar-refractivity contribution in [2.75, 3.05) is 13.6 Å². The van der Waals surface area contributed by atoms with Gasteiger partial charge in [0.05, 0.1) is 5.60 Å². The predicted octanol–water partition coefficient (Wildman–Crippen LogP) is 0.959. The lowest BCUT2D eigenvalue weighted by molar-refractivity contribution is 0.0161. The lowest BCUT2D eigenvalue weighted by Gasteiger charge is -2.40. The summed E-state index contributed by atoms with van der Waals surface area (Å²) in [6.45, 7) is 4.33. The monoisotopic (exact) mass is 200 g/mol. The summed E-state index contributed by atoms with van der Waals surface area (Å²) < 4.78 is 0. The first kappa shape index (κ1) is 12.0. The lowest BCUT2D eigenvalue weighted by Crippen LogP contribution is -2.47. The first-order chi connectivity index (χ1) is 6.46. The molecule has 3 heteroatoms. The van der Waals surface area contributed by atoms with Crippen LogP contribution in [0.15, 0.2) is 0 Å². The number of hydrogen-bond donors (Lipinski definition) is 2. The van der Waals surface area contributed by atoms with Gasteiger partial charge < -0.3 is 15.7 Å². The largest absolute Gasteiger partial charge is 0.389 e. The molecule has 3 N–H and O–H groups in total. The Kier molecular flexibility index (Phi) is 3.93. The van der Waals surface area contributed by atoms with Crippen LogP contribution in [0.1, 0.15) is 39.5 Å². The highest BCUT2D eigenvalue weighted by atomic mass is 16.3. The van der Waals surface area contributed by atoms with Gasteiger partial charge in [0.2, 0.25) is 0 Å². The third-order valence-electron chi connectivity index (χ3n) is 3.52. The van der Waals surface area contributed by atoms with E-state index in [0.29, 0.717) is 12.6 Å². The zero-order chi connectivity index (χ0) is 10.8. The standard InChI is InChI=1S/C11H24N2O/c1-9(7-11(2,14)8-12)13(3)10-5-4-6-10/h9-10,14H,4-8,12H2,1-3H3. The second-order valence-electron chi connectivity index (χ2n) is 5.00. The van der Waals surface area contributed by atoms with Gasteiger partial charge in [-0.3, -0.25) is 0 Å². The molecule has 0 aromatic heterocycles. The molecular formula is C11H24N2O. The molecule has 0 saturated heterocycles. The fourth-order valence-corrected chi connectivity index (χ4v) is 2.02. The van der Waals surface area contributed by atoms with Crippen LogP contribution in [0.2, 0.25) is 0 Å². The van der Waals surface area contributed by atoms with E-state index < -0.39 is 5.60 Å². The van der Waals surface area contributed by atoms with Crippen molar-refractivity contribution in [1.29, 1.82) is 0 Å². The molecule has 2 unspecified atom stereocenters. The smallest absolute Gasteiger partial charge is 0.0756 e. The van der Waals surface area contributed by atoms with Crippen LogP contribution in [-0.4, -0.2) is 41.3 Å². The third-order valence-corrected chi connectivity index (χ3v) is 3.52. The molecule has 0 heterocycles. The fraction of sp³-hybridized carbons (Fsp3) is 1.00. The predicted molar refractivity (Wildman–Crippen MR) is 59.2 cm³/mol. The molecule has 0 spiro atoms. The maximum Gasteiger partial charge on any atom is 0.0756 e. The van der Waals surface area contributed by atoms with Gasteiger partial charge in [-0.25, -0.2) is 0 Å². The van der Waals surface area contributed by atoms with Crippen molar-refractivity contribution < 1.29 is 5.11 Å². The van der Waals surface area contributed by atoms with E-state index in [1.165, 1.54) is 19.3 Å². The molecule has 0 aliphatic heterocycles. The van der Waals surface area contributed by atoms with Gasteiger partial charge in [0, 0.05) is 18.6 Å². The normalized spacial score (nSPS) is 24.4. The summed E-state index contributed by atoms with van der Waals surface area (Å²) in [4.78, 5) is 2.38. The molecule has 0 bridgehead atoms. The Bertz CT molecular complexity index is 178. The van der Waals surface area contributed by atoms with Gasteiger partial charge in [-0.05, 0) is 40.2 Å². The van der Waals surface area contributed by atoms with Gasteiger partial charge in [0.1, 0.15) is 0 Å². The minimum atomic E-state index is -0.711. The summed E-state index contributed by atoms with van der Waals surface area (Å²) in [6, 6.07) is 1.15. The van der Waals surface area contributed by atoms with E-state index in [1.807, 2.05) is 6.92 Å². The Morgan fingerprint density at radius 3 is 2.50 bits per heavy atom. The second-order valence-corrected chi connectivity index (χ2v) is 5.00. The van der Waals surface area contributed by atoms with Gasteiger partial charge in [0.25, 0.3) is 0 Å². The highest BCUT2D eigenvalue weighted by Crippen LogP contribution is 2.27. The van der Waals surface area contributed by atoms with Crippen LogP contribution in [0.25, 0.3) is 0 Å². The molecule has 0 radical (unpaired) electrons. The Hall–Kier alpha value is -0.120. The molecular weight excluding hydrogens is 176 g/mol. The Morgan fingerprint density at radius 1 is 1.57 bits per heavy atom. The molecule has 3 nitrogen and oxygen atoms in total. The molecule has 14 heavy (non-hydrogen) atoms. The van der Waals surface area contributed by atoms with Crippen LogP contribution in [0, 0.1) is 0 Å². The first-order valence-corrected chi connectivity index (χ1v) is 5.60. The summed E-state index contributed by atoms with van der Waals surface area (Å²) in [5.74, 6) is 0. The average molecular weight is 200 g/mol. The highest BCUT2D eigenvalue weighted by molar-refractivity contribution is 4.85. The van der Waals surface area contributed by atoms with Crippen LogP contribution >= 0.6 is 0 Å². The van der Waals surface area contributed by atoms with Crippen LogP contribution in [0.5, 0.6) is 0 Å². The van der Waals surface area contributed by atoms with Crippen LogP contribution in [0.4, 0.5) is 0 Å². The third kappa shape index (κ3) is 2.94. The molecule has 0 aromatic rings. The van der Waals surface area contributed by atoms with Gasteiger partial charge >= 0.3 is 0 Å². The Balaban J connectivity index is 2.36. The second kappa shape index (κ2) is 4.60. The maximum atomic E-state index is 9.86. The van der Waals surface area contributed by atoms with Crippen molar-refractivity contribution in [2.45, 2.75) is 57.2 Å². The van der Waals surface area contributed by atoms with Crippen molar-refractivity contribution >= 4 is 0 Å². The lowest BCUT2D eigenvalue weighted by atomic mass is 9.89. The average Bonchev–Trinajstić information content (AvgIpc) is 2.00. The van der Waals surface area contributed by atoms with E-state index in [1.54, 1.807) is 0 Å². The molecule has 0 amide bonds. The number of hydrogen-bond acceptors (Lipinski definition) is 3. The van der Waals surface area contributed by atoms with Crippen LogP contribution in [-0.2, 0) is 0 Å². The van der Waals surface area contributed by atoms with E-state index in [-0.39, 0.29) is 0 Å². The van der Waals surface area contributed by atoms with Crippen LogP contribution in [0.3, 0.4) is 0 Å². The van der Waals surface area contributed by atoms with E-state index in [9.17, 15) is 5.11 Å². The van der Waals surface area contributed by atoms with Gasteiger partial charge in [-0.15, -0.1) is 0 Å². The molecule has 1 fully saturated rings. The number of rotatable bonds is 5. The number of nitrogens with two attached hydrogens (primary N) is 1. The topological polar surface area (TPSA) is 49.5 Å². The van der Waals surface area contributed by atoms with Crippen molar-refractivity contribution in [3.63, 3.8) is 0 Å². The fourth-order valence-electron chi connectivity index (χ4n) is 2.02. The van der Waals surface area contributed by atoms with E-state index in [2.05, 4.69) is 18.9 Å². The molecule has 84 valence electrons. The van der Waals surface area contributed by atoms with Crippen LogP contribution < -0.4 is 5.73 Å². The molecule has 1 saturated carbocycles. The zero-order valence-electron chi connectivity index (χ0n) is 9.66. The minimum Gasteiger partial charge on any atom is -0.389 e. The van der Waals surface area contributed by atoms with Crippen molar-refractivity contribution in [1.82, 2.24) is 4.90 Å². The highest BCUT2D eigenvalue weighted by Gasteiger charge is 2.29. The number of nitrogens with zero attached hydrogens (tertiary/aromatic N) is 1. The molecule has 1 aliphatic rings. The molecule has 1 aliphatic carbocycles. The van der Waals surface area contributed by atoms with Crippen molar-refractivity contribution in [2.24, 2.45) is 5.73 Å². The summed E-state index contributed by atoms with van der Waals surface area (Å²) in [5.41, 5.74) is 4.80. The van der Waals surface area contributed by atoms with Gasteiger partial charge in [-0.2, -0.15) is 0 Å². The van der Waals surface area contributed by atoms with Crippen molar-refractivity contribution in [3.05, 3.63) is 0 Å². The number of aliphatic hydroxyl groups is 1. The summed E-state index contributed by atoms with van der Waals surface area (Å²) in [6.07, 6.45) is 4.74. The van der Waals surface area contributed by atoms with E-state index in [0.717, 1.165) is 12.5 Å². The molecule has 1 rings (SSSR count). The summed E-state index contributed by atoms with van der Waals surface area (Å²) >= 11 is 0. The summed E-state index contributed by atoms with van der Waals surface area (Å²) in [5, 5.41) is 9.86. The summed E-state index contributed by atoms with van der Waals surface area (Å²) in [7, 11) is 2.15. The van der Waals surface area contributed by atoms with Crippen molar-refractivity contribution in [3.8, 4) is 0 Å². The SMILES string of the molecule is CC(CC(C)(O)CN)N(C)C1CCC1. The Morgan fingerprint density at radius 2 is 2.14 bits per heavy atom. The maximum absolute atomic E-state index is 9.86.